The minimum Gasteiger partial charge on any atom is -0.444 e. The van der Waals surface area contributed by atoms with Gasteiger partial charge in [-0.3, -0.25) is 0 Å². The normalized spacial score (nSPS) is 19.0. The molecule has 0 saturated heterocycles. The zero-order valence-electron chi connectivity index (χ0n) is 14.9. The number of hydrogen-bond donors (Lipinski definition) is 2. The van der Waals surface area contributed by atoms with Crippen LogP contribution in [0.5, 0.6) is 0 Å². The Labute approximate surface area is 130 Å². The fraction of sp³-hybridized carbons (Fsp3) is 0.941. The second-order valence-corrected chi connectivity index (χ2v) is 7.86. The molecular weight excluding hydrogens is 264 g/mol. The minimum absolute atomic E-state index is 0.0536. The maximum Gasteiger partial charge on any atom is 0.407 e. The van der Waals surface area contributed by atoms with E-state index in [2.05, 4.69) is 38.3 Å². The summed E-state index contributed by atoms with van der Waals surface area (Å²) in [4.78, 5) is 11.9. The molecule has 0 aromatic carbocycles. The SMILES string of the molecule is CCC(CC)(CNC(=O)OC(C)(C)C)NC(C)C1(C)CC1. The fourth-order valence-electron chi connectivity index (χ4n) is 2.57. The van der Waals surface area contributed by atoms with Gasteiger partial charge >= 0.3 is 6.09 Å². The van der Waals surface area contributed by atoms with E-state index in [1.54, 1.807) is 0 Å². The van der Waals surface area contributed by atoms with Crippen LogP contribution in [0, 0.1) is 5.41 Å². The lowest BCUT2D eigenvalue weighted by molar-refractivity contribution is 0.0503. The van der Waals surface area contributed by atoms with E-state index in [-0.39, 0.29) is 11.6 Å². The summed E-state index contributed by atoms with van der Waals surface area (Å²) in [5, 5.41) is 6.72. The van der Waals surface area contributed by atoms with E-state index in [1.807, 2.05) is 20.8 Å². The number of ether oxygens (including phenoxy) is 1. The lowest BCUT2D eigenvalue weighted by atomic mass is 9.89. The minimum atomic E-state index is -0.451. The molecule has 0 aromatic heterocycles. The summed E-state index contributed by atoms with van der Waals surface area (Å²) < 4.78 is 5.33. The van der Waals surface area contributed by atoms with Crippen LogP contribution < -0.4 is 10.6 Å². The second-order valence-electron chi connectivity index (χ2n) is 7.86. The molecule has 0 aromatic rings. The highest BCUT2D eigenvalue weighted by Crippen LogP contribution is 2.48. The summed E-state index contributed by atoms with van der Waals surface area (Å²) in [6.45, 7) is 15.2. The van der Waals surface area contributed by atoms with Crippen LogP contribution in [0.15, 0.2) is 0 Å². The van der Waals surface area contributed by atoms with Gasteiger partial charge < -0.3 is 15.4 Å². The number of hydrogen-bond acceptors (Lipinski definition) is 3. The Kier molecular flexibility index (Phi) is 5.70. The third kappa shape index (κ3) is 5.50. The molecule has 1 amide bonds. The molecule has 124 valence electrons. The van der Waals surface area contributed by atoms with Gasteiger partial charge in [0, 0.05) is 18.1 Å². The molecule has 1 atom stereocenters. The number of carbonyl (C=O) groups excluding carboxylic acids is 1. The average molecular weight is 298 g/mol. The smallest absolute Gasteiger partial charge is 0.407 e. The molecular formula is C17H34N2O2. The second kappa shape index (κ2) is 6.55. The highest BCUT2D eigenvalue weighted by atomic mass is 16.6. The Morgan fingerprint density at radius 3 is 2.14 bits per heavy atom. The summed E-state index contributed by atoms with van der Waals surface area (Å²) in [5.41, 5.74) is -0.0726. The van der Waals surface area contributed by atoms with Crippen LogP contribution in [0.25, 0.3) is 0 Å². The monoisotopic (exact) mass is 298 g/mol. The first-order valence-electron chi connectivity index (χ1n) is 8.30. The maximum atomic E-state index is 11.9. The van der Waals surface area contributed by atoms with Crippen molar-refractivity contribution in [3.8, 4) is 0 Å². The summed E-state index contributed by atoms with van der Waals surface area (Å²) in [7, 11) is 0. The Bertz CT molecular complexity index is 352. The van der Waals surface area contributed by atoms with Crippen molar-refractivity contribution in [1.82, 2.24) is 10.6 Å². The molecule has 1 rings (SSSR count). The van der Waals surface area contributed by atoms with Crippen LogP contribution >= 0.6 is 0 Å². The number of amides is 1. The Morgan fingerprint density at radius 1 is 1.24 bits per heavy atom. The third-order valence-electron chi connectivity index (χ3n) is 4.93. The van der Waals surface area contributed by atoms with Gasteiger partial charge in [0.05, 0.1) is 0 Å². The average Bonchev–Trinajstić information content (AvgIpc) is 3.12. The van der Waals surface area contributed by atoms with E-state index in [1.165, 1.54) is 12.8 Å². The van der Waals surface area contributed by atoms with Crippen molar-refractivity contribution in [3.63, 3.8) is 0 Å². The van der Waals surface area contributed by atoms with Gasteiger partial charge in [0.1, 0.15) is 5.60 Å². The predicted octanol–water partition coefficient (Wildman–Crippen LogP) is 3.85. The molecule has 1 fully saturated rings. The van der Waals surface area contributed by atoms with Gasteiger partial charge in [-0.25, -0.2) is 4.79 Å². The molecule has 0 bridgehead atoms. The highest BCUT2D eigenvalue weighted by molar-refractivity contribution is 5.67. The molecule has 4 heteroatoms. The molecule has 4 nitrogen and oxygen atoms in total. The van der Waals surface area contributed by atoms with Gasteiger partial charge in [-0.15, -0.1) is 0 Å². The lowest BCUT2D eigenvalue weighted by Crippen LogP contribution is -2.57. The van der Waals surface area contributed by atoms with Crippen LogP contribution in [-0.4, -0.2) is 29.8 Å². The van der Waals surface area contributed by atoms with Crippen LogP contribution in [0.4, 0.5) is 4.79 Å². The molecule has 1 saturated carbocycles. The van der Waals surface area contributed by atoms with Crippen molar-refractivity contribution in [2.75, 3.05) is 6.54 Å². The van der Waals surface area contributed by atoms with Crippen LogP contribution in [0.2, 0.25) is 0 Å². The number of carbonyl (C=O) groups is 1. The highest BCUT2D eigenvalue weighted by Gasteiger charge is 2.44. The number of rotatable bonds is 7. The van der Waals surface area contributed by atoms with Crippen molar-refractivity contribution in [3.05, 3.63) is 0 Å². The van der Waals surface area contributed by atoms with E-state index in [0.29, 0.717) is 18.0 Å². The van der Waals surface area contributed by atoms with E-state index >= 15 is 0 Å². The molecule has 0 radical (unpaired) electrons. The van der Waals surface area contributed by atoms with Crippen LogP contribution in [0.3, 0.4) is 0 Å². The van der Waals surface area contributed by atoms with Gasteiger partial charge in [0.25, 0.3) is 0 Å². The first kappa shape index (κ1) is 18.3. The molecule has 1 aliphatic carbocycles. The van der Waals surface area contributed by atoms with Crippen molar-refractivity contribution in [2.24, 2.45) is 5.41 Å². The van der Waals surface area contributed by atoms with Crippen molar-refractivity contribution in [2.45, 2.75) is 91.3 Å². The zero-order chi connectivity index (χ0) is 16.3. The van der Waals surface area contributed by atoms with Gasteiger partial charge in [0.15, 0.2) is 0 Å². The van der Waals surface area contributed by atoms with Gasteiger partial charge in [-0.05, 0) is 58.8 Å². The van der Waals surface area contributed by atoms with Gasteiger partial charge in [-0.1, -0.05) is 20.8 Å². The summed E-state index contributed by atoms with van der Waals surface area (Å²) in [5.74, 6) is 0. The van der Waals surface area contributed by atoms with Crippen LogP contribution in [-0.2, 0) is 4.74 Å². The zero-order valence-corrected chi connectivity index (χ0v) is 14.9. The standard InChI is InChI=1S/C17H34N2O2/c1-8-17(9-2,19-13(3)16(7)10-11-16)12-18-14(20)21-15(4,5)6/h13,19H,8-12H2,1-7H3,(H,18,20). The quantitative estimate of drug-likeness (QED) is 0.750. The van der Waals surface area contributed by atoms with Crippen molar-refractivity contribution in [1.29, 1.82) is 0 Å². The Balaban J connectivity index is 2.57. The fourth-order valence-corrected chi connectivity index (χ4v) is 2.57. The molecule has 1 unspecified atom stereocenters. The van der Waals surface area contributed by atoms with E-state index in [4.69, 9.17) is 4.74 Å². The number of alkyl carbamates (subject to hydrolysis) is 1. The topological polar surface area (TPSA) is 50.4 Å². The van der Waals surface area contributed by atoms with E-state index < -0.39 is 5.60 Å². The first-order valence-corrected chi connectivity index (χ1v) is 8.30. The van der Waals surface area contributed by atoms with Crippen LogP contribution in [0.1, 0.15) is 74.1 Å². The molecule has 2 N–H and O–H groups in total. The van der Waals surface area contributed by atoms with Gasteiger partial charge in [0.2, 0.25) is 0 Å². The summed E-state index contributed by atoms with van der Waals surface area (Å²) in [6.07, 6.45) is 4.23. The maximum absolute atomic E-state index is 11.9. The van der Waals surface area contributed by atoms with Crippen molar-refractivity contribution < 1.29 is 9.53 Å². The van der Waals surface area contributed by atoms with E-state index in [0.717, 1.165) is 12.8 Å². The molecule has 1 aliphatic rings. The van der Waals surface area contributed by atoms with E-state index in [9.17, 15) is 4.79 Å². The molecule has 21 heavy (non-hydrogen) atoms. The summed E-state index contributed by atoms with van der Waals surface area (Å²) >= 11 is 0. The molecule has 0 heterocycles. The number of nitrogens with one attached hydrogen (secondary N) is 2. The third-order valence-corrected chi connectivity index (χ3v) is 4.93. The molecule has 0 aliphatic heterocycles. The predicted molar refractivity (Wildman–Crippen MR) is 87.5 cm³/mol. The molecule has 0 spiro atoms. The largest absolute Gasteiger partial charge is 0.444 e. The first-order chi connectivity index (χ1) is 9.56. The Morgan fingerprint density at radius 2 is 1.76 bits per heavy atom. The summed E-state index contributed by atoms with van der Waals surface area (Å²) in [6, 6.07) is 0.470. The van der Waals surface area contributed by atoms with Crippen molar-refractivity contribution >= 4 is 6.09 Å². The lowest BCUT2D eigenvalue weighted by Gasteiger charge is -2.38. The Hall–Kier alpha value is -0.770. The van der Waals surface area contributed by atoms with Gasteiger partial charge in [-0.2, -0.15) is 0 Å².